The Bertz CT molecular complexity index is 457. The largest absolute Gasteiger partial charge is 0.309 e. The van der Waals surface area contributed by atoms with E-state index in [0.29, 0.717) is 0 Å². The van der Waals surface area contributed by atoms with Gasteiger partial charge in [0.15, 0.2) is 0 Å². The Hall–Kier alpha value is -1.35. The predicted octanol–water partition coefficient (Wildman–Crippen LogP) is 1.68. The molecular weight excluding hydrogens is 186 g/mol. The van der Waals surface area contributed by atoms with Crippen molar-refractivity contribution >= 4 is 10.9 Å². The van der Waals surface area contributed by atoms with Crippen LogP contribution in [0.4, 0.5) is 0 Å². The summed E-state index contributed by atoms with van der Waals surface area (Å²) < 4.78 is 1.93. The standard InChI is InChI=1S/C12H17N3/c1-14(2)7-6-10-4-5-11-9-13-15(3)12(11)8-10/h4-5,8-9H,6-7H2,1-3H3. The minimum Gasteiger partial charge on any atom is -0.309 e. The maximum Gasteiger partial charge on any atom is 0.0681 e. The van der Waals surface area contributed by atoms with Gasteiger partial charge in [0.2, 0.25) is 0 Å². The van der Waals surface area contributed by atoms with Gasteiger partial charge in [-0.05, 0) is 32.1 Å². The summed E-state index contributed by atoms with van der Waals surface area (Å²) in [5, 5.41) is 5.45. The Kier molecular flexibility index (Phi) is 2.73. The van der Waals surface area contributed by atoms with Crippen molar-refractivity contribution in [1.29, 1.82) is 0 Å². The zero-order valence-electron chi connectivity index (χ0n) is 9.57. The van der Waals surface area contributed by atoms with Gasteiger partial charge in [0, 0.05) is 19.0 Å². The van der Waals surface area contributed by atoms with Crippen LogP contribution < -0.4 is 0 Å². The first kappa shape index (κ1) is 10.2. The van der Waals surface area contributed by atoms with Crippen LogP contribution in [-0.2, 0) is 13.5 Å². The quantitative estimate of drug-likeness (QED) is 0.756. The van der Waals surface area contributed by atoms with Crippen molar-refractivity contribution < 1.29 is 0 Å². The Morgan fingerprint density at radius 2 is 2.13 bits per heavy atom. The number of likely N-dealkylation sites (N-methyl/N-ethyl adjacent to an activating group) is 1. The molecule has 0 unspecified atom stereocenters. The van der Waals surface area contributed by atoms with Crippen molar-refractivity contribution in [1.82, 2.24) is 14.7 Å². The maximum atomic E-state index is 4.24. The van der Waals surface area contributed by atoms with Crippen LogP contribution in [0.15, 0.2) is 24.4 Å². The Balaban J connectivity index is 2.25. The molecule has 0 saturated heterocycles. The summed E-state index contributed by atoms with van der Waals surface area (Å²) >= 11 is 0. The summed E-state index contributed by atoms with van der Waals surface area (Å²) in [5.74, 6) is 0. The highest BCUT2D eigenvalue weighted by atomic mass is 15.2. The summed E-state index contributed by atoms with van der Waals surface area (Å²) in [7, 11) is 6.18. The van der Waals surface area contributed by atoms with Crippen LogP contribution in [0.3, 0.4) is 0 Å². The molecule has 0 radical (unpaired) electrons. The SMILES string of the molecule is CN(C)CCc1ccc2cnn(C)c2c1. The van der Waals surface area contributed by atoms with E-state index in [1.807, 2.05) is 17.9 Å². The minimum atomic E-state index is 1.09. The van der Waals surface area contributed by atoms with Crippen molar-refractivity contribution in [2.75, 3.05) is 20.6 Å². The molecule has 2 rings (SSSR count). The number of benzene rings is 1. The molecule has 3 nitrogen and oxygen atoms in total. The molecule has 0 aliphatic heterocycles. The number of aromatic nitrogens is 2. The fourth-order valence-corrected chi connectivity index (χ4v) is 1.70. The normalized spacial score (nSPS) is 11.5. The average molecular weight is 203 g/mol. The summed E-state index contributed by atoms with van der Waals surface area (Å²) in [6.07, 6.45) is 3.00. The highest BCUT2D eigenvalue weighted by molar-refractivity contribution is 5.79. The third-order valence-electron chi connectivity index (χ3n) is 2.66. The Labute approximate surface area is 90.3 Å². The fourth-order valence-electron chi connectivity index (χ4n) is 1.70. The number of aryl methyl sites for hydroxylation is 1. The van der Waals surface area contributed by atoms with Crippen molar-refractivity contribution in [2.45, 2.75) is 6.42 Å². The van der Waals surface area contributed by atoms with Crippen LogP contribution in [-0.4, -0.2) is 35.3 Å². The van der Waals surface area contributed by atoms with E-state index < -0.39 is 0 Å². The predicted molar refractivity (Wildman–Crippen MR) is 63.0 cm³/mol. The summed E-state index contributed by atoms with van der Waals surface area (Å²) in [6, 6.07) is 6.56. The van der Waals surface area contributed by atoms with Crippen molar-refractivity contribution in [3.63, 3.8) is 0 Å². The molecule has 0 amide bonds. The summed E-state index contributed by atoms with van der Waals surface area (Å²) in [6.45, 7) is 1.09. The van der Waals surface area contributed by atoms with E-state index in [0.717, 1.165) is 13.0 Å². The van der Waals surface area contributed by atoms with E-state index in [9.17, 15) is 0 Å². The monoisotopic (exact) mass is 203 g/mol. The fraction of sp³-hybridized carbons (Fsp3) is 0.417. The van der Waals surface area contributed by atoms with Crippen molar-refractivity contribution in [3.05, 3.63) is 30.0 Å². The van der Waals surface area contributed by atoms with Crippen LogP contribution in [0.25, 0.3) is 10.9 Å². The number of hydrogen-bond donors (Lipinski definition) is 0. The third kappa shape index (κ3) is 2.18. The average Bonchev–Trinajstić information content (AvgIpc) is 2.57. The second-order valence-corrected chi connectivity index (χ2v) is 4.21. The number of nitrogens with zero attached hydrogens (tertiary/aromatic N) is 3. The van der Waals surface area contributed by atoms with Crippen LogP contribution in [0, 0.1) is 0 Å². The van der Waals surface area contributed by atoms with Crippen molar-refractivity contribution in [3.8, 4) is 0 Å². The van der Waals surface area contributed by atoms with E-state index in [4.69, 9.17) is 0 Å². The summed E-state index contributed by atoms with van der Waals surface area (Å²) in [5.41, 5.74) is 2.59. The lowest BCUT2D eigenvalue weighted by molar-refractivity contribution is 0.414. The molecule has 1 heterocycles. The van der Waals surface area contributed by atoms with Crippen LogP contribution in [0.5, 0.6) is 0 Å². The smallest absolute Gasteiger partial charge is 0.0681 e. The van der Waals surface area contributed by atoms with E-state index in [2.05, 4.69) is 42.3 Å². The van der Waals surface area contributed by atoms with Gasteiger partial charge in [-0.1, -0.05) is 12.1 Å². The van der Waals surface area contributed by atoms with E-state index in [-0.39, 0.29) is 0 Å². The molecule has 1 aromatic carbocycles. The molecule has 0 atom stereocenters. The van der Waals surface area contributed by atoms with E-state index in [1.54, 1.807) is 0 Å². The van der Waals surface area contributed by atoms with Gasteiger partial charge in [-0.2, -0.15) is 5.10 Å². The van der Waals surface area contributed by atoms with Gasteiger partial charge < -0.3 is 4.90 Å². The molecule has 0 aliphatic rings. The zero-order chi connectivity index (χ0) is 10.8. The van der Waals surface area contributed by atoms with Crippen LogP contribution >= 0.6 is 0 Å². The number of hydrogen-bond acceptors (Lipinski definition) is 2. The second kappa shape index (κ2) is 4.03. The molecule has 1 aromatic heterocycles. The van der Waals surface area contributed by atoms with Gasteiger partial charge in [-0.25, -0.2) is 0 Å². The molecule has 0 saturated carbocycles. The number of rotatable bonds is 3. The number of fused-ring (bicyclic) bond motifs is 1. The molecule has 15 heavy (non-hydrogen) atoms. The molecule has 0 aliphatic carbocycles. The molecule has 0 fully saturated rings. The second-order valence-electron chi connectivity index (χ2n) is 4.21. The first-order chi connectivity index (χ1) is 7.16. The van der Waals surface area contributed by atoms with Gasteiger partial charge in [0.1, 0.15) is 0 Å². The lowest BCUT2D eigenvalue weighted by atomic mass is 10.1. The minimum absolute atomic E-state index is 1.09. The zero-order valence-corrected chi connectivity index (χ0v) is 9.57. The Morgan fingerprint density at radius 1 is 1.33 bits per heavy atom. The van der Waals surface area contributed by atoms with Crippen molar-refractivity contribution in [2.24, 2.45) is 7.05 Å². The first-order valence-corrected chi connectivity index (χ1v) is 5.22. The molecule has 2 aromatic rings. The third-order valence-corrected chi connectivity index (χ3v) is 2.66. The van der Waals surface area contributed by atoms with Gasteiger partial charge in [0.25, 0.3) is 0 Å². The molecule has 0 bridgehead atoms. The van der Waals surface area contributed by atoms with Gasteiger partial charge in [-0.3, -0.25) is 4.68 Å². The van der Waals surface area contributed by atoms with Gasteiger partial charge in [-0.15, -0.1) is 0 Å². The lowest BCUT2D eigenvalue weighted by Crippen LogP contribution is -2.14. The van der Waals surface area contributed by atoms with Crippen LogP contribution in [0.1, 0.15) is 5.56 Å². The topological polar surface area (TPSA) is 21.1 Å². The first-order valence-electron chi connectivity index (χ1n) is 5.22. The molecular formula is C12H17N3. The lowest BCUT2D eigenvalue weighted by Gasteiger charge is -2.09. The van der Waals surface area contributed by atoms with E-state index >= 15 is 0 Å². The molecule has 0 N–H and O–H groups in total. The Morgan fingerprint density at radius 3 is 2.87 bits per heavy atom. The highest BCUT2D eigenvalue weighted by Gasteiger charge is 2.01. The molecule has 3 heteroatoms. The molecule has 80 valence electrons. The van der Waals surface area contributed by atoms with Gasteiger partial charge in [0.05, 0.1) is 11.7 Å². The van der Waals surface area contributed by atoms with Crippen LogP contribution in [0.2, 0.25) is 0 Å². The maximum absolute atomic E-state index is 4.24. The van der Waals surface area contributed by atoms with Gasteiger partial charge >= 0.3 is 0 Å². The molecule has 0 spiro atoms. The summed E-state index contributed by atoms with van der Waals surface area (Å²) in [4.78, 5) is 2.20. The van der Waals surface area contributed by atoms with E-state index in [1.165, 1.54) is 16.5 Å². The highest BCUT2D eigenvalue weighted by Crippen LogP contribution is 2.15.